The molecule has 26 heavy (non-hydrogen) atoms. The minimum atomic E-state index is -0.138. The molecule has 7 nitrogen and oxygen atoms in total. The Hall–Kier alpha value is -2.57. The summed E-state index contributed by atoms with van der Waals surface area (Å²) < 4.78 is 5.34. The van der Waals surface area contributed by atoms with Crippen LogP contribution < -0.4 is 10.2 Å². The fraction of sp³-hybridized carbons (Fsp3) is 0.526. The molecule has 0 amide bonds. The van der Waals surface area contributed by atoms with Crippen LogP contribution in [0.1, 0.15) is 32.5 Å². The number of aromatic nitrogens is 2. The molecule has 2 heterocycles. The largest absolute Gasteiger partial charge is 0.368 e. The summed E-state index contributed by atoms with van der Waals surface area (Å²) in [5.74, 6) is 2.18. The van der Waals surface area contributed by atoms with Crippen LogP contribution in [0.3, 0.4) is 0 Å². The maximum Gasteiger partial charge on any atom is 0.232 e. The first-order valence-corrected chi connectivity index (χ1v) is 9.06. The third-order valence-electron chi connectivity index (χ3n) is 4.43. The van der Waals surface area contributed by atoms with Crippen LogP contribution >= 0.6 is 0 Å². The van der Waals surface area contributed by atoms with Gasteiger partial charge in [-0.1, -0.05) is 44.1 Å². The monoisotopic (exact) mass is 356 g/mol. The number of piperazine rings is 1. The van der Waals surface area contributed by atoms with Crippen molar-refractivity contribution >= 4 is 11.6 Å². The molecule has 0 unspecified atom stereocenters. The molecule has 0 spiro atoms. The lowest BCUT2D eigenvalue weighted by Gasteiger charge is -2.37. The zero-order valence-electron chi connectivity index (χ0n) is 16.1. The molecule has 140 valence electrons. The van der Waals surface area contributed by atoms with Crippen molar-refractivity contribution in [3.05, 3.63) is 42.0 Å². The predicted octanol–water partition coefficient (Wildman–Crippen LogP) is 2.26. The third-order valence-corrected chi connectivity index (χ3v) is 4.43. The zero-order chi connectivity index (χ0) is 18.6. The van der Waals surface area contributed by atoms with Gasteiger partial charge in [-0.2, -0.15) is 4.98 Å². The lowest BCUT2D eigenvalue weighted by molar-refractivity contribution is 0.317. The summed E-state index contributed by atoms with van der Waals surface area (Å²) in [5, 5.41) is 7.40. The van der Waals surface area contributed by atoms with Crippen LogP contribution in [0.4, 0.5) is 5.69 Å². The second-order valence-electron chi connectivity index (χ2n) is 7.48. The van der Waals surface area contributed by atoms with Gasteiger partial charge in [-0.3, -0.25) is 4.99 Å². The molecule has 1 aliphatic rings. The third kappa shape index (κ3) is 4.33. The second kappa shape index (κ2) is 7.76. The molecule has 1 N–H and O–H groups in total. The Bertz CT molecular complexity index is 726. The van der Waals surface area contributed by atoms with E-state index in [1.54, 1.807) is 0 Å². The quantitative estimate of drug-likeness (QED) is 0.672. The van der Waals surface area contributed by atoms with Gasteiger partial charge in [0.05, 0.1) is 6.54 Å². The normalized spacial score (nSPS) is 16.1. The topological polar surface area (TPSA) is 69.8 Å². The Balaban J connectivity index is 1.53. The first kappa shape index (κ1) is 18.2. The summed E-state index contributed by atoms with van der Waals surface area (Å²) in [5.41, 5.74) is 1.14. The first-order valence-electron chi connectivity index (χ1n) is 9.06. The number of benzene rings is 1. The highest BCUT2D eigenvalue weighted by Crippen LogP contribution is 2.19. The van der Waals surface area contributed by atoms with Crippen LogP contribution in [0.2, 0.25) is 0 Å². The Morgan fingerprint density at radius 1 is 1.15 bits per heavy atom. The number of guanidine groups is 1. The molecule has 3 rings (SSSR count). The van der Waals surface area contributed by atoms with Gasteiger partial charge in [-0.15, -0.1) is 0 Å². The molecule has 0 radical (unpaired) electrons. The minimum Gasteiger partial charge on any atom is -0.368 e. The van der Waals surface area contributed by atoms with E-state index in [-0.39, 0.29) is 5.41 Å². The lowest BCUT2D eigenvalue weighted by Crippen LogP contribution is -2.52. The molecular formula is C19H28N6O. The van der Waals surface area contributed by atoms with Gasteiger partial charge in [-0.05, 0) is 12.1 Å². The summed E-state index contributed by atoms with van der Waals surface area (Å²) in [6.45, 7) is 10.5. The average molecular weight is 356 g/mol. The van der Waals surface area contributed by atoms with Crippen molar-refractivity contribution in [2.45, 2.75) is 32.7 Å². The van der Waals surface area contributed by atoms with Crippen LogP contribution in [-0.2, 0) is 12.0 Å². The molecule has 0 bridgehead atoms. The van der Waals surface area contributed by atoms with Crippen molar-refractivity contribution in [2.75, 3.05) is 38.1 Å². The SMILES string of the molecule is CN=C(NCc1noc(C(C)(C)C)n1)N1CCN(c2ccccc2)CC1. The molecule has 0 atom stereocenters. The highest BCUT2D eigenvalue weighted by Gasteiger charge is 2.23. The van der Waals surface area contributed by atoms with E-state index in [0.717, 1.165) is 32.1 Å². The Kier molecular flexibility index (Phi) is 5.44. The molecule has 7 heteroatoms. The van der Waals surface area contributed by atoms with Gasteiger partial charge < -0.3 is 19.6 Å². The molecule has 2 aromatic rings. The minimum absolute atomic E-state index is 0.138. The molecule has 1 saturated heterocycles. The fourth-order valence-electron chi connectivity index (χ4n) is 2.94. The van der Waals surface area contributed by atoms with Gasteiger partial charge in [0.15, 0.2) is 11.8 Å². The van der Waals surface area contributed by atoms with Gasteiger partial charge in [0.2, 0.25) is 5.89 Å². The van der Waals surface area contributed by atoms with E-state index in [9.17, 15) is 0 Å². The van der Waals surface area contributed by atoms with Crippen LogP contribution in [0.5, 0.6) is 0 Å². The maximum absolute atomic E-state index is 5.34. The smallest absolute Gasteiger partial charge is 0.232 e. The van der Waals surface area contributed by atoms with Crippen LogP contribution in [0.25, 0.3) is 0 Å². The van der Waals surface area contributed by atoms with Crippen molar-refractivity contribution < 1.29 is 4.52 Å². The first-order chi connectivity index (χ1) is 12.5. The fourth-order valence-corrected chi connectivity index (χ4v) is 2.94. The molecule has 1 fully saturated rings. The van der Waals surface area contributed by atoms with Crippen molar-refractivity contribution in [3.63, 3.8) is 0 Å². The summed E-state index contributed by atoms with van der Waals surface area (Å²) in [6, 6.07) is 10.5. The predicted molar refractivity (Wildman–Crippen MR) is 103 cm³/mol. The number of nitrogens with one attached hydrogen (secondary N) is 1. The molecule has 1 aromatic heterocycles. The van der Waals surface area contributed by atoms with Crippen LogP contribution in [-0.4, -0.2) is 54.2 Å². The average Bonchev–Trinajstić information content (AvgIpc) is 3.13. The number of hydrogen-bond donors (Lipinski definition) is 1. The highest BCUT2D eigenvalue weighted by atomic mass is 16.5. The van der Waals surface area contributed by atoms with E-state index in [2.05, 4.69) is 81.4 Å². The van der Waals surface area contributed by atoms with E-state index in [4.69, 9.17) is 4.52 Å². The van der Waals surface area contributed by atoms with E-state index in [1.807, 2.05) is 7.05 Å². The Morgan fingerprint density at radius 2 is 1.85 bits per heavy atom. The number of nitrogens with zero attached hydrogens (tertiary/aromatic N) is 5. The van der Waals surface area contributed by atoms with Crippen molar-refractivity contribution in [2.24, 2.45) is 4.99 Å². The van der Waals surface area contributed by atoms with Gasteiger partial charge in [0.1, 0.15) is 0 Å². The Morgan fingerprint density at radius 3 is 2.42 bits per heavy atom. The molecule has 1 aliphatic heterocycles. The maximum atomic E-state index is 5.34. The number of aliphatic imine (C=N–C) groups is 1. The van der Waals surface area contributed by atoms with E-state index >= 15 is 0 Å². The molecular weight excluding hydrogens is 328 g/mol. The Labute approximate surface area is 155 Å². The van der Waals surface area contributed by atoms with Crippen molar-refractivity contribution in [1.82, 2.24) is 20.4 Å². The van der Waals surface area contributed by atoms with Crippen molar-refractivity contribution in [1.29, 1.82) is 0 Å². The number of anilines is 1. The molecule has 0 aliphatic carbocycles. The number of rotatable bonds is 3. The standard InChI is InChI=1S/C19H28N6O/c1-19(2,3)17-22-16(23-26-17)14-21-18(20-4)25-12-10-24(11-13-25)15-8-6-5-7-9-15/h5-9H,10-14H2,1-4H3,(H,20,21). The van der Waals surface area contributed by atoms with Gasteiger partial charge in [-0.25, -0.2) is 0 Å². The molecule has 0 saturated carbocycles. The van der Waals surface area contributed by atoms with Gasteiger partial charge in [0, 0.05) is 44.3 Å². The van der Waals surface area contributed by atoms with Gasteiger partial charge >= 0.3 is 0 Å². The van der Waals surface area contributed by atoms with E-state index in [0.29, 0.717) is 18.3 Å². The van der Waals surface area contributed by atoms with Crippen molar-refractivity contribution in [3.8, 4) is 0 Å². The lowest BCUT2D eigenvalue weighted by atomic mass is 9.97. The van der Waals surface area contributed by atoms with E-state index in [1.165, 1.54) is 5.69 Å². The van der Waals surface area contributed by atoms with Crippen LogP contribution in [0, 0.1) is 0 Å². The highest BCUT2D eigenvalue weighted by molar-refractivity contribution is 5.80. The summed E-state index contributed by atoms with van der Waals surface area (Å²) >= 11 is 0. The summed E-state index contributed by atoms with van der Waals surface area (Å²) in [7, 11) is 1.81. The van der Waals surface area contributed by atoms with E-state index < -0.39 is 0 Å². The second-order valence-corrected chi connectivity index (χ2v) is 7.48. The summed E-state index contributed by atoms with van der Waals surface area (Å²) in [6.07, 6.45) is 0. The number of hydrogen-bond acceptors (Lipinski definition) is 5. The zero-order valence-corrected chi connectivity index (χ0v) is 16.1. The van der Waals surface area contributed by atoms with Crippen LogP contribution in [0.15, 0.2) is 39.8 Å². The number of para-hydroxylation sites is 1. The summed E-state index contributed by atoms with van der Waals surface area (Å²) in [4.78, 5) is 13.5. The van der Waals surface area contributed by atoms with Gasteiger partial charge in [0.25, 0.3) is 0 Å². The molecule has 1 aromatic carbocycles.